The number of aliphatic hydroxyl groups is 1. The van der Waals surface area contributed by atoms with E-state index in [9.17, 15) is 9.90 Å². The van der Waals surface area contributed by atoms with Crippen molar-refractivity contribution in [2.75, 3.05) is 33.4 Å². The highest BCUT2D eigenvalue weighted by Crippen LogP contribution is 2.24. The van der Waals surface area contributed by atoms with Crippen molar-refractivity contribution in [1.29, 1.82) is 0 Å². The SMILES string of the molecule is COc1ccccc1CNC(=O)CN1CCCC(O)(COc2ccc(C)cc2)CC1. The summed E-state index contributed by atoms with van der Waals surface area (Å²) in [5.74, 6) is 1.51. The molecular weight excluding hydrogens is 380 g/mol. The van der Waals surface area contributed by atoms with E-state index in [0.717, 1.165) is 30.0 Å². The molecule has 0 radical (unpaired) electrons. The number of benzene rings is 2. The Balaban J connectivity index is 1.44. The Morgan fingerprint density at radius 2 is 1.90 bits per heavy atom. The number of nitrogens with zero attached hydrogens (tertiary/aromatic N) is 1. The lowest BCUT2D eigenvalue weighted by Crippen LogP contribution is -2.40. The third-order valence-corrected chi connectivity index (χ3v) is 5.57. The first-order valence-corrected chi connectivity index (χ1v) is 10.5. The van der Waals surface area contributed by atoms with Gasteiger partial charge < -0.3 is 19.9 Å². The lowest BCUT2D eigenvalue weighted by molar-refractivity contribution is -0.122. The van der Waals surface area contributed by atoms with Crippen LogP contribution in [0, 0.1) is 6.92 Å². The van der Waals surface area contributed by atoms with E-state index >= 15 is 0 Å². The molecule has 1 aliphatic heterocycles. The summed E-state index contributed by atoms with van der Waals surface area (Å²) in [7, 11) is 1.63. The van der Waals surface area contributed by atoms with Crippen molar-refractivity contribution in [3.63, 3.8) is 0 Å². The molecule has 3 rings (SSSR count). The first kappa shape index (κ1) is 22.1. The number of hydrogen-bond acceptors (Lipinski definition) is 5. The normalized spacial score (nSPS) is 19.7. The number of rotatable bonds is 8. The van der Waals surface area contributed by atoms with Gasteiger partial charge in [-0.3, -0.25) is 9.69 Å². The summed E-state index contributed by atoms with van der Waals surface area (Å²) in [5, 5.41) is 13.9. The largest absolute Gasteiger partial charge is 0.496 e. The quantitative estimate of drug-likeness (QED) is 0.698. The molecule has 6 nitrogen and oxygen atoms in total. The Morgan fingerprint density at radius 1 is 1.13 bits per heavy atom. The molecule has 30 heavy (non-hydrogen) atoms. The van der Waals surface area contributed by atoms with Gasteiger partial charge in [0.2, 0.25) is 5.91 Å². The fourth-order valence-electron chi connectivity index (χ4n) is 3.69. The fraction of sp³-hybridized carbons (Fsp3) is 0.458. The van der Waals surface area contributed by atoms with Crippen LogP contribution in [-0.2, 0) is 11.3 Å². The second-order valence-corrected chi connectivity index (χ2v) is 8.04. The number of para-hydroxylation sites is 1. The van der Waals surface area contributed by atoms with Gasteiger partial charge in [0, 0.05) is 18.7 Å². The molecule has 1 aliphatic rings. The molecule has 1 unspecified atom stereocenters. The molecule has 1 amide bonds. The summed E-state index contributed by atoms with van der Waals surface area (Å²) < 4.78 is 11.2. The van der Waals surface area contributed by atoms with Crippen LogP contribution >= 0.6 is 0 Å². The van der Waals surface area contributed by atoms with Crippen LogP contribution in [0.1, 0.15) is 30.4 Å². The number of ether oxygens (including phenoxy) is 2. The van der Waals surface area contributed by atoms with Crippen LogP contribution in [0.25, 0.3) is 0 Å². The molecule has 2 N–H and O–H groups in total. The van der Waals surface area contributed by atoms with Gasteiger partial charge in [0.15, 0.2) is 0 Å². The summed E-state index contributed by atoms with van der Waals surface area (Å²) in [6.07, 6.45) is 2.07. The smallest absolute Gasteiger partial charge is 0.234 e. The van der Waals surface area contributed by atoms with E-state index in [4.69, 9.17) is 9.47 Å². The standard InChI is InChI=1S/C24H32N2O4/c1-19-8-10-21(11-9-19)30-18-24(28)12-5-14-26(15-13-24)17-23(27)25-16-20-6-3-4-7-22(20)29-2/h3-4,6-11,28H,5,12-18H2,1-2H3,(H,25,27). The van der Waals surface area contributed by atoms with Crippen molar-refractivity contribution in [2.24, 2.45) is 0 Å². The first-order chi connectivity index (χ1) is 14.5. The number of nitrogens with one attached hydrogen (secondary N) is 1. The zero-order chi connectivity index (χ0) is 21.4. The molecular formula is C24H32N2O4. The van der Waals surface area contributed by atoms with Crippen molar-refractivity contribution in [3.8, 4) is 11.5 Å². The predicted octanol–water partition coefficient (Wildman–Crippen LogP) is 2.92. The van der Waals surface area contributed by atoms with Crippen LogP contribution in [-0.4, -0.2) is 54.9 Å². The third kappa shape index (κ3) is 6.47. The molecule has 2 aromatic rings. The van der Waals surface area contributed by atoms with Crippen LogP contribution in [0.5, 0.6) is 11.5 Å². The molecule has 0 saturated carbocycles. The average Bonchev–Trinajstić information content (AvgIpc) is 2.94. The van der Waals surface area contributed by atoms with E-state index in [1.165, 1.54) is 5.56 Å². The Hall–Kier alpha value is -2.57. The van der Waals surface area contributed by atoms with E-state index in [1.54, 1.807) is 7.11 Å². The number of methoxy groups -OCH3 is 1. The highest BCUT2D eigenvalue weighted by molar-refractivity contribution is 5.78. The summed E-state index contributed by atoms with van der Waals surface area (Å²) in [6.45, 7) is 4.51. The summed E-state index contributed by atoms with van der Waals surface area (Å²) in [4.78, 5) is 14.5. The van der Waals surface area contributed by atoms with E-state index in [-0.39, 0.29) is 12.5 Å². The molecule has 162 valence electrons. The molecule has 1 atom stereocenters. The number of aryl methyl sites for hydroxylation is 1. The van der Waals surface area contributed by atoms with Gasteiger partial charge in [0.25, 0.3) is 0 Å². The zero-order valence-corrected chi connectivity index (χ0v) is 17.9. The molecule has 1 fully saturated rings. The first-order valence-electron chi connectivity index (χ1n) is 10.5. The molecule has 2 aromatic carbocycles. The van der Waals surface area contributed by atoms with Gasteiger partial charge in [-0.05, 0) is 50.9 Å². The molecule has 6 heteroatoms. The Kier molecular flexibility index (Phi) is 7.71. The molecule has 0 aliphatic carbocycles. The van der Waals surface area contributed by atoms with E-state index in [0.29, 0.717) is 32.5 Å². The van der Waals surface area contributed by atoms with Crippen LogP contribution in [0.4, 0.5) is 0 Å². The minimum absolute atomic E-state index is 0.0257. The van der Waals surface area contributed by atoms with Crippen LogP contribution < -0.4 is 14.8 Å². The monoisotopic (exact) mass is 412 g/mol. The predicted molar refractivity (Wildman–Crippen MR) is 117 cm³/mol. The molecule has 1 saturated heterocycles. The summed E-state index contributed by atoms with van der Waals surface area (Å²) >= 11 is 0. The van der Waals surface area contributed by atoms with Crippen molar-refractivity contribution >= 4 is 5.91 Å². The maximum absolute atomic E-state index is 12.4. The molecule has 0 aromatic heterocycles. The number of likely N-dealkylation sites (tertiary alicyclic amines) is 1. The maximum Gasteiger partial charge on any atom is 0.234 e. The van der Waals surface area contributed by atoms with Gasteiger partial charge in [-0.1, -0.05) is 35.9 Å². The number of amides is 1. The highest BCUT2D eigenvalue weighted by atomic mass is 16.5. The molecule has 0 bridgehead atoms. The van der Waals surface area contributed by atoms with Gasteiger partial charge in [0.05, 0.1) is 19.3 Å². The van der Waals surface area contributed by atoms with E-state index in [2.05, 4.69) is 10.2 Å². The summed E-state index contributed by atoms with van der Waals surface area (Å²) in [5.41, 5.74) is 1.26. The highest BCUT2D eigenvalue weighted by Gasteiger charge is 2.31. The Bertz CT molecular complexity index is 824. The number of carbonyl (C=O) groups excluding carboxylic acids is 1. The zero-order valence-electron chi connectivity index (χ0n) is 17.9. The fourth-order valence-corrected chi connectivity index (χ4v) is 3.69. The minimum atomic E-state index is -0.868. The second kappa shape index (κ2) is 10.5. The van der Waals surface area contributed by atoms with Gasteiger partial charge in [-0.25, -0.2) is 0 Å². The van der Waals surface area contributed by atoms with Crippen LogP contribution in [0.2, 0.25) is 0 Å². The Labute approximate surface area is 178 Å². The molecule has 0 spiro atoms. The van der Waals surface area contributed by atoms with E-state index in [1.807, 2.05) is 55.5 Å². The summed E-state index contributed by atoms with van der Waals surface area (Å²) in [6, 6.07) is 15.5. The van der Waals surface area contributed by atoms with Crippen molar-refractivity contribution in [3.05, 3.63) is 59.7 Å². The van der Waals surface area contributed by atoms with Crippen LogP contribution in [0.3, 0.4) is 0 Å². The number of hydrogen-bond donors (Lipinski definition) is 2. The van der Waals surface area contributed by atoms with Gasteiger partial charge >= 0.3 is 0 Å². The van der Waals surface area contributed by atoms with E-state index < -0.39 is 5.60 Å². The lowest BCUT2D eigenvalue weighted by atomic mass is 9.96. The van der Waals surface area contributed by atoms with Crippen molar-refractivity contribution in [2.45, 2.75) is 38.3 Å². The third-order valence-electron chi connectivity index (χ3n) is 5.57. The van der Waals surface area contributed by atoms with Crippen LogP contribution in [0.15, 0.2) is 48.5 Å². The van der Waals surface area contributed by atoms with Gasteiger partial charge in [0.1, 0.15) is 18.1 Å². The molecule has 1 heterocycles. The topological polar surface area (TPSA) is 71.0 Å². The van der Waals surface area contributed by atoms with Crippen molar-refractivity contribution in [1.82, 2.24) is 10.2 Å². The van der Waals surface area contributed by atoms with Gasteiger partial charge in [-0.15, -0.1) is 0 Å². The minimum Gasteiger partial charge on any atom is -0.496 e. The lowest BCUT2D eigenvalue weighted by Gasteiger charge is -2.27. The maximum atomic E-state index is 12.4. The second-order valence-electron chi connectivity index (χ2n) is 8.04. The van der Waals surface area contributed by atoms with Crippen molar-refractivity contribution < 1.29 is 19.4 Å². The Morgan fingerprint density at radius 3 is 2.67 bits per heavy atom. The number of carbonyl (C=O) groups is 1. The average molecular weight is 413 g/mol. The van der Waals surface area contributed by atoms with Gasteiger partial charge in [-0.2, -0.15) is 0 Å².